The van der Waals surface area contributed by atoms with Gasteiger partial charge in [-0.25, -0.2) is 0 Å². The second kappa shape index (κ2) is 6.51. The van der Waals surface area contributed by atoms with E-state index in [1.165, 1.54) is 11.9 Å². The number of halogens is 3. The number of hydrogen-bond acceptors (Lipinski definition) is 5. The molecule has 0 aromatic carbocycles. The van der Waals surface area contributed by atoms with Crippen molar-refractivity contribution in [2.24, 2.45) is 7.05 Å². The Morgan fingerprint density at radius 2 is 1.96 bits per heavy atom. The molecule has 1 saturated heterocycles. The van der Waals surface area contributed by atoms with E-state index in [1.54, 1.807) is 0 Å². The maximum atomic E-state index is 13.0. The minimum atomic E-state index is -4.65. The van der Waals surface area contributed by atoms with E-state index in [1.807, 2.05) is 13.0 Å². The molecule has 0 unspecified atom stereocenters. The highest BCUT2D eigenvalue weighted by Gasteiger charge is 2.40. The number of carbonyl (C=O) groups is 1. The molecular formula is C15H18F3N5O2. The van der Waals surface area contributed by atoms with Crippen LogP contribution in [0.4, 0.5) is 13.2 Å². The molecule has 0 radical (unpaired) electrons. The number of aromatic nitrogens is 3. The van der Waals surface area contributed by atoms with E-state index in [2.05, 4.69) is 15.2 Å². The molecule has 0 atom stereocenters. The zero-order chi connectivity index (χ0) is 18.2. The van der Waals surface area contributed by atoms with Gasteiger partial charge in [0.1, 0.15) is 0 Å². The third-order valence-corrected chi connectivity index (χ3v) is 4.04. The lowest BCUT2D eigenvalue weighted by molar-refractivity contribution is -0.141. The van der Waals surface area contributed by atoms with Crippen LogP contribution in [0.5, 0.6) is 0 Å². The molecule has 2 aromatic rings. The summed E-state index contributed by atoms with van der Waals surface area (Å²) in [6.45, 7) is 4.18. The van der Waals surface area contributed by atoms with Gasteiger partial charge in [-0.1, -0.05) is 5.16 Å². The lowest BCUT2D eigenvalue weighted by atomic mass is 10.2. The predicted octanol–water partition coefficient (Wildman–Crippen LogP) is 1.69. The molecule has 2 aromatic heterocycles. The van der Waals surface area contributed by atoms with Crippen LogP contribution in [0.2, 0.25) is 0 Å². The second-order valence-electron chi connectivity index (χ2n) is 6.07. The van der Waals surface area contributed by atoms with Gasteiger partial charge in [-0.2, -0.15) is 18.3 Å². The van der Waals surface area contributed by atoms with Crippen LogP contribution in [0.15, 0.2) is 16.8 Å². The molecule has 0 bridgehead atoms. The van der Waals surface area contributed by atoms with Gasteiger partial charge in [0.05, 0.1) is 17.8 Å². The molecule has 0 saturated carbocycles. The fraction of sp³-hybridized carbons (Fsp3) is 0.533. The van der Waals surface area contributed by atoms with Crippen LogP contribution in [-0.2, 0) is 19.8 Å². The van der Waals surface area contributed by atoms with E-state index in [4.69, 9.17) is 4.52 Å². The van der Waals surface area contributed by atoms with Crippen molar-refractivity contribution in [1.82, 2.24) is 24.7 Å². The smallest absolute Gasteiger partial charge is 0.360 e. The van der Waals surface area contributed by atoms with E-state index in [0.29, 0.717) is 32.7 Å². The molecule has 10 heteroatoms. The van der Waals surface area contributed by atoms with Crippen LogP contribution in [0.25, 0.3) is 0 Å². The molecule has 3 heterocycles. The van der Waals surface area contributed by atoms with Crippen molar-refractivity contribution in [2.75, 3.05) is 26.2 Å². The van der Waals surface area contributed by atoms with Gasteiger partial charge in [-0.3, -0.25) is 14.4 Å². The van der Waals surface area contributed by atoms with Gasteiger partial charge in [0.25, 0.3) is 5.91 Å². The lowest BCUT2D eigenvalue weighted by Gasteiger charge is -2.34. The van der Waals surface area contributed by atoms with Gasteiger partial charge in [0.15, 0.2) is 11.5 Å². The standard InChI is InChI=1S/C15H18F3N5O2/c1-10-7-11(25-20-10)8-22-3-5-23(6-4-22)14(24)12-9-21(2)19-13(12)15(16,17)18/h7,9H,3-6,8H2,1-2H3. The molecule has 3 rings (SSSR count). The monoisotopic (exact) mass is 357 g/mol. The van der Waals surface area contributed by atoms with Crippen molar-refractivity contribution in [3.63, 3.8) is 0 Å². The highest BCUT2D eigenvalue weighted by atomic mass is 19.4. The minimum Gasteiger partial charge on any atom is -0.360 e. The van der Waals surface area contributed by atoms with Crippen LogP contribution >= 0.6 is 0 Å². The first kappa shape index (κ1) is 17.5. The summed E-state index contributed by atoms with van der Waals surface area (Å²) < 4.78 is 45.2. The molecule has 0 spiro atoms. The molecular weight excluding hydrogens is 339 g/mol. The predicted molar refractivity (Wildman–Crippen MR) is 80.6 cm³/mol. The number of nitrogens with zero attached hydrogens (tertiary/aromatic N) is 5. The number of aryl methyl sites for hydroxylation is 2. The van der Waals surface area contributed by atoms with Gasteiger partial charge in [0, 0.05) is 45.5 Å². The first-order valence-corrected chi connectivity index (χ1v) is 7.78. The van der Waals surface area contributed by atoms with Crippen LogP contribution in [-0.4, -0.2) is 56.8 Å². The SMILES string of the molecule is Cc1cc(CN2CCN(C(=O)c3cn(C)nc3C(F)(F)F)CC2)on1. The largest absolute Gasteiger partial charge is 0.435 e. The summed E-state index contributed by atoms with van der Waals surface area (Å²) in [7, 11) is 1.36. The van der Waals surface area contributed by atoms with Gasteiger partial charge in [-0.15, -0.1) is 0 Å². The second-order valence-corrected chi connectivity index (χ2v) is 6.07. The van der Waals surface area contributed by atoms with Crippen molar-refractivity contribution < 1.29 is 22.5 Å². The molecule has 1 fully saturated rings. The molecule has 25 heavy (non-hydrogen) atoms. The first-order valence-electron chi connectivity index (χ1n) is 7.78. The van der Waals surface area contributed by atoms with E-state index in [0.717, 1.165) is 22.3 Å². The van der Waals surface area contributed by atoms with Gasteiger partial charge >= 0.3 is 6.18 Å². The fourth-order valence-electron chi connectivity index (χ4n) is 2.84. The normalized spacial score (nSPS) is 16.4. The lowest BCUT2D eigenvalue weighted by Crippen LogP contribution is -2.48. The molecule has 0 N–H and O–H groups in total. The van der Waals surface area contributed by atoms with Crippen LogP contribution in [0.3, 0.4) is 0 Å². The fourth-order valence-corrected chi connectivity index (χ4v) is 2.84. The Morgan fingerprint density at radius 1 is 1.28 bits per heavy atom. The number of amides is 1. The molecule has 1 aliphatic heterocycles. The Labute approximate surface area is 142 Å². The topological polar surface area (TPSA) is 67.4 Å². The van der Waals surface area contributed by atoms with Gasteiger partial charge in [-0.05, 0) is 6.92 Å². The Morgan fingerprint density at radius 3 is 2.52 bits per heavy atom. The zero-order valence-corrected chi connectivity index (χ0v) is 13.9. The summed E-state index contributed by atoms with van der Waals surface area (Å²) in [6.07, 6.45) is -3.53. The number of alkyl halides is 3. The quantitative estimate of drug-likeness (QED) is 0.836. The van der Waals surface area contributed by atoms with E-state index in [9.17, 15) is 18.0 Å². The summed E-state index contributed by atoms with van der Waals surface area (Å²) in [6, 6.07) is 1.84. The van der Waals surface area contributed by atoms with Crippen LogP contribution in [0.1, 0.15) is 27.5 Å². The highest BCUT2D eigenvalue weighted by Crippen LogP contribution is 2.31. The van der Waals surface area contributed by atoms with E-state index in [-0.39, 0.29) is 0 Å². The summed E-state index contributed by atoms with van der Waals surface area (Å²) in [4.78, 5) is 16.0. The maximum Gasteiger partial charge on any atom is 0.435 e. The summed E-state index contributed by atoms with van der Waals surface area (Å²) >= 11 is 0. The summed E-state index contributed by atoms with van der Waals surface area (Å²) in [5.41, 5.74) is -0.756. The Bertz CT molecular complexity index is 760. The highest BCUT2D eigenvalue weighted by molar-refractivity contribution is 5.95. The average Bonchev–Trinajstić information content (AvgIpc) is 3.13. The maximum absolute atomic E-state index is 13.0. The van der Waals surface area contributed by atoms with Crippen molar-refractivity contribution in [1.29, 1.82) is 0 Å². The number of rotatable bonds is 3. The van der Waals surface area contributed by atoms with E-state index >= 15 is 0 Å². The Hall–Kier alpha value is -2.36. The van der Waals surface area contributed by atoms with Crippen molar-refractivity contribution in [2.45, 2.75) is 19.6 Å². The molecule has 136 valence electrons. The number of carbonyl (C=O) groups excluding carboxylic acids is 1. The Balaban J connectivity index is 1.64. The number of piperazine rings is 1. The average molecular weight is 357 g/mol. The van der Waals surface area contributed by atoms with Gasteiger partial charge in [0.2, 0.25) is 0 Å². The van der Waals surface area contributed by atoms with Crippen molar-refractivity contribution >= 4 is 5.91 Å². The zero-order valence-electron chi connectivity index (χ0n) is 13.9. The van der Waals surface area contributed by atoms with E-state index < -0.39 is 23.3 Å². The third-order valence-electron chi connectivity index (χ3n) is 4.04. The summed E-state index contributed by atoms with van der Waals surface area (Å²) in [5.74, 6) is 0.0829. The molecule has 7 nitrogen and oxygen atoms in total. The van der Waals surface area contributed by atoms with Crippen molar-refractivity contribution in [3.05, 3.63) is 35.0 Å². The van der Waals surface area contributed by atoms with Crippen molar-refractivity contribution in [3.8, 4) is 0 Å². The third kappa shape index (κ3) is 3.84. The Kier molecular flexibility index (Phi) is 4.55. The molecule has 1 amide bonds. The molecule has 1 aliphatic rings. The number of hydrogen-bond donors (Lipinski definition) is 0. The molecule has 0 aliphatic carbocycles. The van der Waals surface area contributed by atoms with Gasteiger partial charge < -0.3 is 9.42 Å². The summed E-state index contributed by atoms with van der Waals surface area (Å²) in [5, 5.41) is 7.20. The first-order chi connectivity index (χ1) is 11.7. The van der Waals surface area contributed by atoms with Crippen LogP contribution < -0.4 is 0 Å². The van der Waals surface area contributed by atoms with Crippen LogP contribution in [0, 0.1) is 6.92 Å². The minimum absolute atomic E-state index is 0.345.